The molecule has 4 rings (SSSR count). The van der Waals surface area contributed by atoms with Crippen LogP contribution >= 0.6 is 11.6 Å². The number of halogens is 1. The van der Waals surface area contributed by atoms with Crippen molar-refractivity contribution in [3.05, 3.63) is 52.5 Å². The number of carboxylic acids is 1. The van der Waals surface area contributed by atoms with E-state index >= 15 is 0 Å². The summed E-state index contributed by atoms with van der Waals surface area (Å²) in [6.45, 7) is 4.51. The van der Waals surface area contributed by atoms with Crippen LogP contribution in [0.4, 0.5) is 5.69 Å². The normalized spacial score (nSPS) is 18.3. The van der Waals surface area contributed by atoms with Gasteiger partial charge >= 0.3 is 17.9 Å². The zero-order valence-electron chi connectivity index (χ0n) is 28.4. The molecular formula is C35H43ClN2O11. The summed E-state index contributed by atoms with van der Waals surface area (Å²) >= 11 is 6.54. The lowest BCUT2D eigenvalue weighted by Gasteiger charge is -2.36. The zero-order valence-corrected chi connectivity index (χ0v) is 29.1. The largest absolute Gasteiger partial charge is 0.493 e. The van der Waals surface area contributed by atoms with Crippen molar-refractivity contribution in [2.75, 3.05) is 52.0 Å². The molecule has 0 radical (unpaired) electrons. The van der Waals surface area contributed by atoms with E-state index < -0.39 is 41.4 Å². The number of likely N-dealkylation sites (tertiary alicyclic amines) is 1. The minimum absolute atomic E-state index is 0.0333. The number of benzene rings is 2. The van der Waals surface area contributed by atoms with Crippen LogP contribution < -0.4 is 14.4 Å². The first kappa shape index (κ1) is 37.5. The van der Waals surface area contributed by atoms with Gasteiger partial charge in [0.1, 0.15) is 25.4 Å². The average molecular weight is 703 g/mol. The Kier molecular flexibility index (Phi) is 12.5. The highest BCUT2D eigenvalue weighted by molar-refractivity contribution is 6.30. The van der Waals surface area contributed by atoms with Crippen LogP contribution in [0.25, 0.3) is 0 Å². The minimum atomic E-state index is -1.30. The number of piperidine rings is 1. The number of carboxylic acid groups (broad SMARTS) is 1. The number of amides is 2. The van der Waals surface area contributed by atoms with Crippen LogP contribution in [-0.4, -0.2) is 92.9 Å². The molecule has 1 N–H and O–H groups in total. The maximum Gasteiger partial charge on any atom is 0.303 e. The molecule has 13 nitrogen and oxygen atoms in total. The molecule has 2 amide bonds. The van der Waals surface area contributed by atoms with Gasteiger partial charge in [0.2, 0.25) is 5.91 Å². The summed E-state index contributed by atoms with van der Waals surface area (Å²) < 4.78 is 28.6. The minimum Gasteiger partial charge on any atom is -0.493 e. The number of fused-ring (bicyclic) bond motifs is 1. The molecule has 14 heteroatoms. The van der Waals surface area contributed by atoms with Gasteiger partial charge in [0.25, 0.3) is 5.91 Å². The fourth-order valence-corrected chi connectivity index (χ4v) is 6.40. The third-order valence-corrected chi connectivity index (χ3v) is 8.93. The number of hydrogen-bond donors (Lipinski definition) is 1. The Morgan fingerprint density at radius 2 is 1.61 bits per heavy atom. The van der Waals surface area contributed by atoms with Crippen molar-refractivity contribution >= 4 is 47.0 Å². The summed E-state index contributed by atoms with van der Waals surface area (Å²) in [7, 11) is 2.98. The Morgan fingerprint density at radius 1 is 0.959 bits per heavy atom. The summed E-state index contributed by atoms with van der Waals surface area (Å²) in [6, 6.07) is 10.2. The second-order valence-electron chi connectivity index (χ2n) is 12.7. The van der Waals surface area contributed by atoms with E-state index in [2.05, 4.69) is 0 Å². The van der Waals surface area contributed by atoms with Crippen molar-refractivity contribution in [2.45, 2.75) is 58.7 Å². The maximum absolute atomic E-state index is 14.7. The second-order valence-corrected chi connectivity index (χ2v) is 13.1. The number of nitrogens with zero attached hydrogens (tertiary/aromatic N) is 2. The Balaban J connectivity index is 1.79. The lowest BCUT2D eigenvalue weighted by Crippen LogP contribution is -2.49. The van der Waals surface area contributed by atoms with Crippen LogP contribution in [0.3, 0.4) is 0 Å². The number of rotatable bonds is 13. The first-order valence-electron chi connectivity index (χ1n) is 16.0. The van der Waals surface area contributed by atoms with Gasteiger partial charge in [0.15, 0.2) is 11.5 Å². The molecule has 0 bridgehead atoms. The van der Waals surface area contributed by atoms with E-state index in [9.17, 15) is 29.1 Å². The van der Waals surface area contributed by atoms with E-state index in [1.807, 2.05) is 0 Å². The van der Waals surface area contributed by atoms with E-state index in [4.69, 9.17) is 35.3 Å². The van der Waals surface area contributed by atoms with Crippen LogP contribution in [0, 0.1) is 11.3 Å². The first-order chi connectivity index (χ1) is 23.2. The lowest BCUT2D eigenvalue weighted by atomic mass is 9.90. The predicted molar refractivity (Wildman–Crippen MR) is 178 cm³/mol. The number of para-hydroxylation sites is 1. The van der Waals surface area contributed by atoms with E-state index in [0.29, 0.717) is 59.3 Å². The van der Waals surface area contributed by atoms with Crippen LogP contribution in [-0.2, 0) is 38.2 Å². The van der Waals surface area contributed by atoms with E-state index in [1.54, 1.807) is 48.2 Å². The van der Waals surface area contributed by atoms with Crippen LogP contribution in [0.2, 0.25) is 5.02 Å². The number of carbonyl (C=O) groups excluding carboxylic acids is 4. The molecule has 1 saturated heterocycles. The highest BCUT2D eigenvalue weighted by atomic mass is 35.5. The Labute approximate surface area is 290 Å². The molecule has 0 saturated carbocycles. The number of ether oxygens (including phenoxy) is 5. The van der Waals surface area contributed by atoms with Gasteiger partial charge in [-0.2, -0.15) is 0 Å². The predicted octanol–water partition coefficient (Wildman–Crippen LogP) is 4.41. The van der Waals surface area contributed by atoms with E-state index in [0.717, 1.165) is 0 Å². The van der Waals surface area contributed by atoms with Gasteiger partial charge in [0, 0.05) is 61.7 Å². The number of carbonyl (C=O) groups is 5. The van der Waals surface area contributed by atoms with Crippen LogP contribution in [0.1, 0.15) is 63.7 Å². The number of anilines is 1. The van der Waals surface area contributed by atoms with Crippen molar-refractivity contribution in [2.24, 2.45) is 11.3 Å². The summed E-state index contributed by atoms with van der Waals surface area (Å²) in [6.07, 6.45) is -1.48. The van der Waals surface area contributed by atoms with Gasteiger partial charge < -0.3 is 38.6 Å². The Bertz CT molecular complexity index is 1540. The molecule has 266 valence electrons. The number of methoxy groups -OCH3 is 2. The number of hydrogen-bond acceptors (Lipinski definition) is 10. The Morgan fingerprint density at radius 3 is 2.18 bits per heavy atom. The third kappa shape index (κ3) is 9.42. The van der Waals surface area contributed by atoms with Gasteiger partial charge in [-0.15, -0.1) is 0 Å². The Hall–Kier alpha value is -4.36. The molecule has 49 heavy (non-hydrogen) atoms. The van der Waals surface area contributed by atoms with Gasteiger partial charge in [0.05, 0.1) is 26.1 Å². The molecule has 0 spiro atoms. The SMILES string of the molecule is COc1cccc([C@H]2O[C@H](CC(=O)N3CCC(CC(=O)O)CC3)C(=O)N(CC(C)(COC(C)=O)COC(C)=O)c3ccc(Cl)cc32)c1OC. The molecule has 0 unspecified atom stereocenters. The van der Waals surface area contributed by atoms with Crippen LogP contribution in [0.5, 0.6) is 11.5 Å². The van der Waals surface area contributed by atoms with Gasteiger partial charge in [-0.3, -0.25) is 24.0 Å². The van der Waals surface area contributed by atoms with E-state index in [-0.39, 0.29) is 44.4 Å². The molecule has 2 aliphatic heterocycles. The molecular weight excluding hydrogens is 660 g/mol. The van der Waals surface area contributed by atoms with Crippen LogP contribution in [0.15, 0.2) is 36.4 Å². The standard InChI is InChI=1S/C35H43ClN2O11/c1-21(39)47-19-35(3,20-48-22(2)40)18-38-27-10-9-24(36)16-26(27)32(25-7-6-8-28(45-4)33(25)46-5)49-29(34(38)44)17-30(41)37-13-11-23(12-14-37)15-31(42)43/h6-10,16,23,29,32H,11-15,17-20H2,1-5H3,(H,42,43)/t29-,32-/m1/s1. The molecule has 2 heterocycles. The molecule has 0 aromatic heterocycles. The highest BCUT2D eigenvalue weighted by Crippen LogP contribution is 2.46. The molecule has 2 atom stereocenters. The number of aliphatic carboxylic acids is 1. The van der Waals surface area contributed by atoms with Crippen molar-refractivity contribution in [1.29, 1.82) is 0 Å². The van der Waals surface area contributed by atoms with Crippen molar-refractivity contribution < 1.29 is 52.8 Å². The number of esters is 2. The summed E-state index contributed by atoms with van der Waals surface area (Å²) in [5, 5.41) is 9.57. The highest BCUT2D eigenvalue weighted by Gasteiger charge is 2.43. The fraction of sp³-hybridized carbons (Fsp3) is 0.514. The third-order valence-electron chi connectivity index (χ3n) is 8.70. The second kappa shape index (κ2) is 16.4. The monoisotopic (exact) mass is 702 g/mol. The topological polar surface area (TPSA) is 158 Å². The quantitative estimate of drug-likeness (QED) is 0.295. The summed E-state index contributed by atoms with van der Waals surface area (Å²) in [5.41, 5.74) is 0.372. The molecule has 1 fully saturated rings. The average Bonchev–Trinajstić information content (AvgIpc) is 3.16. The van der Waals surface area contributed by atoms with Gasteiger partial charge in [-0.25, -0.2) is 0 Å². The van der Waals surface area contributed by atoms with Gasteiger partial charge in [-0.1, -0.05) is 30.7 Å². The first-order valence-corrected chi connectivity index (χ1v) is 16.4. The molecule has 0 aliphatic carbocycles. The molecule has 2 aliphatic rings. The molecule has 2 aromatic rings. The molecule has 2 aromatic carbocycles. The summed E-state index contributed by atoms with van der Waals surface area (Å²) in [4.78, 5) is 66.4. The van der Waals surface area contributed by atoms with E-state index in [1.165, 1.54) is 33.0 Å². The van der Waals surface area contributed by atoms with Crippen molar-refractivity contribution in [1.82, 2.24) is 4.90 Å². The van der Waals surface area contributed by atoms with Gasteiger partial charge in [-0.05, 0) is 43.0 Å². The van der Waals surface area contributed by atoms with Crippen molar-refractivity contribution in [3.63, 3.8) is 0 Å². The lowest BCUT2D eigenvalue weighted by molar-refractivity contribution is -0.151. The maximum atomic E-state index is 14.7. The summed E-state index contributed by atoms with van der Waals surface area (Å²) in [5.74, 6) is -2.10. The fourth-order valence-electron chi connectivity index (χ4n) is 6.21. The van der Waals surface area contributed by atoms with Crippen molar-refractivity contribution in [3.8, 4) is 11.5 Å². The smallest absolute Gasteiger partial charge is 0.303 e. The zero-order chi connectivity index (χ0) is 35.9.